The van der Waals surface area contributed by atoms with Gasteiger partial charge in [-0.05, 0) is 12.8 Å². The maximum atomic E-state index is 5.55. The lowest BCUT2D eigenvalue weighted by Gasteiger charge is -2.37. The van der Waals surface area contributed by atoms with Crippen molar-refractivity contribution in [3.8, 4) is 0 Å². The van der Waals surface area contributed by atoms with Crippen LogP contribution < -0.4 is 10.6 Å². The lowest BCUT2D eigenvalue weighted by molar-refractivity contribution is 0.185. The molecule has 1 aromatic heterocycles. The summed E-state index contributed by atoms with van der Waals surface area (Å²) in [5.74, 6) is 0. The summed E-state index contributed by atoms with van der Waals surface area (Å²) in [6.45, 7) is 4.74. The van der Waals surface area contributed by atoms with Crippen LogP contribution in [0.1, 0.15) is 31.4 Å². The lowest BCUT2D eigenvalue weighted by atomic mass is 10.2. The van der Waals surface area contributed by atoms with Crippen LogP contribution in [0.2, 0.25) is 0 Å². The molecule has 1 aliphatic heterocycles. The van der Waals surface area contributed by atoms with E-state index in [1.807, 2.05) is 0 Å². The highest BCUT2D eigenvalue weighted by Gasteiger charge is 2.27. The van der Waals surface area contributed by atoms with Crippen molar-refractivity contribution < 1.29 is 4.42 Å². The Kier molecular flexibility index (Phi) is 3.52. The summed E-state index contributed by atoms with van der Waals surface area (Å²) < 4.78 is 5.47. The second kappa shape index (κ2) is 5.28. The molecule has 0 amide bonds. The van der Waals surface area contributed by atoms with Gasteiger partial charge < -0.3 is 15.1 Å². The Morgan fingerprint density at radius 2 is 1.94 bits per heavy atom. The van der Waals surface area contributed by atoms with Crippen LogP contribution >= 0.6 is 0 Å². The fourth-order valence-corrected chi connectivity index (χ4v) is 3.08. The molecule has 1 aromatic rings. The zero-order valence-corrected chi connectivity index (χ0v) is 10.8. The molecule has 0 radical (unpaired) electrons. The molecule has 1 saturated carbocycles. The second-order valence-corrected chi connectivity index (χ2v) is 5.29. The molecule has 0 bridgehead atoms. The topological polar surface area (TPSA) is 58.5 Å². The Morgan fingerprint density at radius 1 is 1.22 bits per heavy atom. The number of oxazole rings is 1. The number of hydrogen-bond donors (Lipinski definition) is 1. The van der Waals surface area contributed by atoms with Crippen LogP contribution in [0.4, 0.5) is 6.01 Å². The number of nitrogens with zero attached hydrogens (tertiary/aromatic N) is 3. The standard InChI is InChI=1S/C13H22N4O/c14-9-11-10-18-13(15-11)17-7-5-16(6-8-17)12-3-1-2-4-12/h10,12H,1-9,14H2. The summed E-state index contributed by atoms with van der Waals surface area (Å²) in [6, 6.07) is 1.57. The van der Waals surface area contributed by atoms with Crippen molar-refractivity contribution in [1.82, 2.24) is 9.88 Å². The van der Waals surface area contributed by atoms with Gasteiger partial charge in [0.1, 0.15) is 6.26 Å². The van der Waals surface area contributed by atoms with Gasteiger partial charge in [0.2, 0.25) is 0 Å². The Bertz CT molecular complexity index is 378. The van der Waals surface area contributed by atoms with Crippen LogP contribution in [0.15, 0.2) is 10.7 Å². The minimum absolute atomic E-state index is 0.450. The second-order valence-electron chi connectivity index (χ2n) is 5.29. The smallest absolute Gasteiger partial charge is 0.297 e. The molecule has 5 nitrogen and oxygen atoms in total. The highest BCUT2D eigenvalue weighted by molar-refractivity contribution is 5.28. The number of nitrogens with two attached hydrogens (primary N) is 1. The molecule has 0 spiro atoms. The van der Waals surface area contributed by atoms with Gasteiger partial charge in [0.05, 0.1) is 5.69 Å². The van der Waals surface area contributed by atoms with E-state index < -0.39 is 0 Å². The van der Waals surface area contributed by atoms with Crippen LogP contribution in [0.3, 0.4) is 0 Å². The van der Waals surface area contributed by atoms with Gasteiger partial charge in [-0.2, -0.15) is 4.98 Å². The van der Waals surface area contributed by atoms with Gasteiger partial charge in [-0.25, -0.2) is 0 Å². The summed E-state index contributed by atoms with van der Waals surface area (Å²) in [7, 11) is 0. The summed E-state index contributed by atoms with van der Waals surface area (Å²) in [4.78, 5) is 9.25. The highest BCUT2D eigenvalue weighted by Crippen LogP contribution is 2.25. The number of rotatable bonds is 3. The van der Waals surface area contributed by atoms with Gasteiger partial charge in [0.25, 0.3) is 6.01 Å². The molecule has 0 atom stereocenters. The predicted molar refractivity (Wildman–Crippen MR) is 70.4 cm³/mol. The van der Waals surface area contributed by atoms with Crippen molar-refractivity contribution in [1.29, 1.82) is 0 Å². The molecule has 1 saturated heterocycles. The van der Waals surface area contributed by atoms with E-state index in [9.17, 15) is 0 Å². The normalized spacial score (nSPS) is 22.8. The summed E-state index contributed by atoms with van der Waals surface area (Å²) in [5.41, 5.74) is 6.38. The number of hydrogen-bond acceptors (Lipinski definition) is 5. The molecular weight excluding hydrogens is 228 g/mol. The van der Waals surface area contributed by atoms with E-state index in [-0.39, 0.29) is 0 Å². The zero-order valence-electron chi connectivity index (χ0n) is 10.8. The van der Waals surface area contributed by atoms with Gasteiger partial charge in [0, 0.05) is 38.8 Å². The molecule has 2 fully saturated rings. The fraction of sp³-hybridized carbons (Fsp3) is 0.769. The molecule has 2 N–H and O–H groups in total. The average Bonchev–Trinajstić information content (AvgIpc) is 3.10. The van der Waals surface area contributed by atoms with Crippen LogP contribution in [0, 0.1) is 0 Å². The van der Waals surface area contributed by atoms with Gasteiger partial charge in [-0.15, -0.1) is 0 Å². The molecule has 0 aromatic carbocycles. The van der Waals surface area contributed by atoms with Crippen molar-refractivity contribution >= 4 is 6.01 Å². The van der Waals surface area contributed by atoms with Crippen LogP contribution in [-0.2, 0) is 6.54 Å². The van der Waals surface area contributed by atoms with Crippen molar-refractivity contribution in [3.05, 3.63) is 12.0 Å². The molecule has 1 aliphatic carbocycles. The van der Waals surface area contributed by atoms with E-state index >= 15 is 0 Å². The van der Waals surface area contributed by atoms with Gasteiger partial charge in [0.15, 0.2) is 0 Å². The lowest BCUT2D eigenvalue weighted by Crippen LogP contribution is -2.49. The molecule has 18 heavy (non-hydrogen) atoms. The number of aromatic nitrogens is 1. The number of piperazine rings is 1. The van der Waals surface area contributed by atoms with Gasteiger partial charge in [-0.3, -0.25) is 4.90 Å². The van der Waals surface area contributed by atoms with Gasteiger partial charge >= 0.3 is 0 Å². The van der Waals surface area contributed by atoms with E-state index in [1.165, 1.54) is 25.7 Å². The van der Waals surface area contributed by atoms with Crippen LogP contribution in [0.5, 0.6) is 0 Å². The molecular formula is C13H22N4O. The third kappa shape index (κ3) is 2.37. The summed E-state index contributed by atoms with van der Waals surface area (Å²) >= 11 is 0. The predicted octanol–water partition coefficient (Wildman–Crippen LogP) is 1.20. The van der Waals surface area contributed by atoms with Crippen molar-refractivity contribution in [3.63, 3.8) is 0 Å². The SMILES string of the molecule is NCc1coc(N2CCN(C3CCCC3)CC2)n1. The minimum Gasteiger partial charge on any atom is -0.432 e. The zero-order chi connectivity index (χ0) is 12.4. The van der Waals surface area contributed by atoms with Crippen molar-refractivity contribution in [2.75, 3.05) is 31.1 Å². The quantitative estimate of drug-likeness (QED) is 0.873. The van der Waals surface area contributed by atoms with E-state index in [2.05, 4.69) is 14.8 Å². The monoisotopic (exact) mass is 250 g/mol. The summed E-state index contributed by atoms with van der Waals surface area (Å²) in [6.07, 6.45) is 7.25. The third-order valence-corrected chi connectivity index (χ3v) is 4.17. The first kappa shape index (κ1) is 12.0. The third-order valence-electron chi connectivity index (χ3n) is 4.17. The average molecular weight is 250 g/mol. The number of anilines is 1. The molecule has 100 valence electrons. The Balaban J connectivity index is 1.55. The maximum absolute atomic E-state index is 5.55. The molecule has 2 heterocycles. The Morgan fingerprint density at radius 3 is 2.56 bits per heavy atom. The fourth-order valence-electron chi connectivity index (χ4n) is 3.08. The Hall–Kier alpha value is -1.07. The molecule has 2 aliphatic rings. The van der Waals surface area contributed by atoms with Gasteiger partial charge in [-0.1, -0.05) is 12.8 Å². The van der Waals surface area contributed by atoms with Crippen molar-refractivity contribution in [2.45, 2.75) is 38.3 Å². The van der Waals surface area contributed by atoms with E-state index in [0.717, 1.165) is 43.9 Å². The largest absolute Gasteiger partial charge is 0.432 e. The van der Waals surface area contributed by atoms with Crippen LogP contribution in [0.25, 0.3) is 0 Å². The molecule has 0 unspecified atom stereocenters. The van der Waals surface area contributed by atoms with Crippen LogP contribution in [-0.4, -0.2) is 42.1 Å². The first-order valence-electron chi connectivity index (χ1n) is 7.00. The molecule has 5 heteroatoms. The first-order chi connectivity index (χ1) is 8.86. The maximum Gasteiger partial charge on any atom is 0.297 e. The summed E-state index contributed by atoms with van der Waals surface area (Å²) in [5, 5.41) is 0. The van der Waals surface area contributed by atoms with E-state index in [0.29, 0.717) is 6.54 Å². The first-order valence-corrected chi connectivity index (χ1v) is 7.00. The van der Waals surface area contributed by atoms with E-state index in [1.54, 1.807) is 6.26 Å². The minimum atomic E-state index is 0.450. The van der Waals surface area contributed by atoms with Crippen molar-refractivity contribution in [2.24, 2.45) is 5.73 Å². The van der Waals surface area contributed by atoms with E-state index in [4.69, 9.17) is 10.2 Å². The molecule has 3 rings (SSSR count). The Labute approximate surface area is 108 Å². The highest BCUT2D eigenvalue weighted by atomic mass is 16.4.